The van der Waals surface area contributed by atoms with Crippen LogP contribution in [0.5, 0.6) is 0 Å². The van der Waals surface area contributed by atoms with Gasteiger partial charge in [-0.3, -0.25) is 9.69 Å². The Kier molecular flexibility index (Phi) is 5.32. The molecule has 2 aliphatic heterocycles. The van der Waals surface area contributed by atoms with Crippen LogP contribution in [0, 0.1) is 11.3 Å². The maximum atomic E-state index is 12.3. The Balaban J connectivity index is 1.45. The molecule has 0 aromatic carbocycles. The van der Waals surface area contributed by atoms with Gasteiger partial charge in [-0.05, 0) is 63.6 Å². The fraction of sp³-hybridized carbons (Fsp3) is 0.947. The zero-order valence-corrected chi connectivity index (χ0v) is 15.3. The molecule has 2 heterocycles. The van der Waals surface area contributed by atoms with E-state index in [9.17, 15) is 4.79 Å². The van der Waals surface area contributed by atoms with Crippen molar-refractivity contribution in [2.45, 2.75) is 71.4 Å². The van der Waals surface area contributed by atoms with Gasteiger partial charge in [0.05, 0.1) is 5.92 Å². The van der Waals surface area contributed by atoms with E-state index < -0.39 is 0 Å². The molecule has 1 atom stereocenters. The topological polar surface area (TPSA) is 35.6 Å². The van der Waals surface area contributed by atoms with Crippen molar-refractivity contribution < 1.29 is 4.79 Å². The van der Waals surface area contributed by atoms with Crippen LogP contribution in [0.15, 0.2) is 0 Å². The molecule has 4 heteroatoms. The van der Waals surface area contributed by atoms with E-state index in [1.807, 2.05) is 0 Å². The van der Waals surface area contributed by atoms with Crippen molar-refractivity contribution >= 4 is 5.91 Å². The van der Waals surface area contributed by atoms with Crippen molar-refractivity contribution in [1.82, 2.24) is 15.1 Å². The summed E-state index contributed by atoms with van der Waals surface area (Å²) in [5, 5.41) is 3.21. The van der Waals surface area contributed by atoms with Crippen molar-refractivity contribution in [3.8, 4) is 0 Å². The van der Waals surface area contributed by atoms with Gasteiger partial charge in [0.2, 0.25) is 5.91 Å². The van der Waals surface area contributed by atoms with Crippen molar-refractivity contribution in [3.63, 3.8) is 0 Å². The molecule has 3 fully saturated rings. The molecule has 1 N–H and O–H groups in total. The lowest BCUT2D eigenvalue weighted by molar-refractivity contribution is -0.127. The zero-order valence-electron chi connectivity index (χ0n) is 15.3. The van der Waals surface area contributed by atoms with E-state index in [2.05, 4.69) is 35.9 Å². The highest BCUT2D eigenvalue weighted by Gasteiger charge is 2.34. The zero-order chi connectivity index (χ0) is 16.4. The Labute approximate surface area is 142 Å². The smallest absolute Gasteiger partial charge is 0.224 e. The second-order valence-corrected chi connectivity index (χ2v) is 9.18. The highest BCUT2D eigenvalue weighted by Crippen LogP contribution is 2.27. The molecule has 1 amide bonds. The van der Waals surface area contributed by atoms with Crippen LogP contribution in [-0.4, -0.2) is 60.5 Å². The van der Waals surface area contributed by atoms with Gasteiger partial charge >= 0.3 is 0 Å². The molecular weight excluding hydrogens is 286 g/mol. The molecular formula is C19H35N3O. The van der Waals surface area contributed by atoms with E-state index in [-0.39, 0.29) is 5.92 Å². The fourth-order valence-corrected chi connectivity index (χ4v) is 4.21. The van der Waals surface area contributed by atoms with E-state index in [1.54, 1.807) is 0 Å². The van der Waals surface area contributed by atoms with Gasteiger partial charge in [0.1, 0.15) is 0 Å². The summed E-state index contributed by atoms with van der Waals surface area (Å²) in [5.74, 6) is 0.555. The fourth-order valence-electron chi connectivity index (χ4n) is 4.21. The van der Waals surface area contributed by atoms with E-state index in [4.69, 9.17) is 0 Å². The number of nitrogens with zero attached hydrogens (tertiary/aromatic N) is 2. The minimum atomic E-state index is 0.233. The van der Waals surface area contributed by atoms with Crippen molar-refractivity contribution in [3.05, 3.63) is 0 Å². The van der Waals surface area contributed by atoms with Crippen LogP contribution in [0.2, 0.25) is 0 Å². The molecule has 1 unspecified atom stereocenters. The third kappa shape index (κ3) is 5.18. The first-order valence-corrected chi connectivity index (χ1v) is 9.67. The minimum absolute atomic E-state index is 0.233. The van der Waals surface area contributed by atoms with Crippen molar-refractivity contribution in [2.75, 3.05) is 32.7 Å². The van der Waals surface area contributed by atoms with Crippen LogP contribution in [0.3, 0.4) is 0 Å². The second-order valence-electron chi connectivity index (χ2n) is 9.18. The van der Waals surface area contributed by atoms with Gasteiger partial charge in [-0.25, -0.2) is 0 Å². The number of hydrogen-bond acceptors (Lipinski definition) is 3. The van der Waals surface area contributed by atoms with E-state index in [1.165, 1.54) is 58.3 Å². The molecule has 0 radical (unpaired) electrons. The number of carbonyl (C=O) groups excluding carboxylic acids is 1. The lowest BCUT2D eigenvalue weighted by Crippen LogP contribution is -2.51. The number of amides is 1. The van der Waals surface area contributed by atoms with Crippen LogP contribution in [0.1, 0.15) is 59.3 Å². The summed E-state index contributed by atoms with van der Waals surface area (Å²) in [5.41, 5.74) is 0.393. The number of piperidine rings is 2. The molecule has 132 valence electrons. The molecule has 2 saturated heterocycles. The molecule has 23 heavy (non-hydrogen) atoms. The van der Waals surface area contributed by atoms with Crippen LogP contribution < -0.4 is 5.32 Å². The third-order valence-corrected chi connectivity index (χ3v) is 5.52. The molecule has 4 nitrogen and oxygen atoms in total. The summed E-state index contributed by atoms with van der Waals surface area (Å²) < 4.78 is 0. The molecule has 1 saturated carbocycles. The van der Waals surface area contributed by atoms with Crippen molar-refractivity contribution in [1.29, 1.82) is 0 Å². The summed E-state index contributed by atoms with van der Waals surface area (Å²) in [6.45, 7) is 12.8. The molecule has 3 rings (SSSR count). The number of carbonyl (C=O) groups is 1. The molecule has 1 aliphatic carbocycles. The SMILES string of the molecule is CC(C)(C)CN1CCC(N2CCCC(C(=O)NC3CC3)C2)CC1. The van der Waals surface area contributed by atoms with E-state index in [0.717, 1.165) is 13.0 Å². The first-order valence-electron chi connectivity index (χ1n) is 9.67. The normalized spacial score (nSPS) is 28.7. The van der Waals surface area contributed by atoms with Crippen LogP contribution in [-0.2, 0) is 4.79 Å². The molecule has 3 aliphatic rings. The Morgan fingerprint density at radius 3 is 2.35 bits per heavy atom. The average Bonchev–Trinajstić information content (AvgIpc) is 3.30. The summed E-state index contributed by atoms with van der Waals surface area (Å²) >= 11 is 0. The minimum Gasteiger partial charge on any atom is -0.353 e. The second kappa shape index (κ2) is 7.10. The number of hydrogen-bond donors (Lipinski definition) is 1. The lowest BCUT2D eigenvalue weighted by atomic mass is 9.91. The number of rotatable bonds is 4. The van der Waals surface area contributed by atoms with Gasteiger partial charge in [0, 0.05) is 25.2 Å². The highest BCUT2D eigenvalue weighted by atomic mass is 16.2. The van der Waals surface area contributed by atoms with Gasteiger partial charge in [-0.2, -0.15) is 0 Å². The highest BCUT2D eigenvalue weighted by molar-refractivity contribution is 5.79. The van der Waals surface area contributed by atoms with Gasteiger partial charge in [-0.1, -0.05) is 20.8 Å². The number of likely N-dealkylation sites (tertiary alicyclic amines) is 2. The average molecular weight is 322 g/mol. The molecule has 0 spiro atoms. The molecule has 0 bridgehead atoms. The van der Waals surface area contributed by atoms with Crippen molar-refractivity contribution in [2.24, 2.45) is 11.3 Å². The summed E-state index contributed by atoms with van der Waals surface area (Å²) in [4.78, 5) is 17.6. The van der Waals surface area contributed by atoms with Gasteiger partial charge in [-0.15, -0.1) is 0 Å². The van der Waals surface area contributed by atoms with E-state index in [0.29, 0.717) is 23.4 Å². The predicted octanol–water partition coefficient (Wildman–Crippen LogP) is 2.49. The quantitative estimate of drug-likeness (QED) is 0.864. The molecule has 0 aromatic rings. The summed E-state index contributed by atoms with van der Waals surface area (Å²) in [6.07, 6.45) is 7.19. The monoisotopic (exact) mass is 321 g/mol. The summed E-state index contributed by atoms with van der Waals surface area (Å²) in [7, 11) is 0. The predicted molar refractivity (Wildman–Crippen MR) is 94.4 cm³/mol. The number of nitrogens with one attached hydrogen (secondary N) is 1. The Morgan fingerprint density at radius 1 is 1.04 bits per heavy atom. The largest absolute Gasteiger partial charge is 0.353 e. The first kappa shape index (κ1) is 17.2. The third-order valence-electron chi connectivity index (χ3n) is 5.52. The molecule has 0 aromatic heterocycles. The summed E-state index contributed by atoms with van der Waals surface area (Å²) in [6, 6.07) is 1.20. The van der Waals surface area contributed by atoms with Gasteiger partial charge < -0.3 is 10.2 Å². The Bertz CT molecular complexity index is 405. The Hall–Kier alpha value is -0.610. The van der Waals surface area contributed by atoms with Crippen LogP contribution in [0.4, 0.5) is 0 Å². The lowest BCUT2D eigenvalue weighted by Gasteiger charge is -2.43. The maximum Gasteiger partial charge on any atom is 0.224 e. The van der Waals surface area contributed by atoms with Crippen LogP contribution in [0.25, 0.3) is 0 Å². The van der Waals surface area contributed by atoms with Gasteiger partial charge in [0.25, 0.3) is 0 Å². The first-order chi connectivity index (χ1) is 10.9. The van der Waals surface area contributed by atoms with Gasteiger partial charge in [0.15, 0.2) is 0 Å². The van der Waals surface area contributed by atoms with E-state index >= 15 is 0 Å². The standard InChI is InChI=1S/C19H35N3O/c1-19(2,3)14-21-11-8-17(9-12-21)22-10-4-5-15(13-22)18(23)20-16-6-7-16/h15-17H,4-14H2,1-3H3,(H,20,23). The Morgan fingerprint density at radius 2 is 1.74 bits per heavy atom. The maximum absolute atomic E-state index is 12.3. The van der Waals surface area contributed by atoms with Crippen LogP contribution >= 0.6 is 0 Å².